The van der Waals surface area contributed by atoms with Crippen molar-refractivity contribution >= 4 is 33.1 Å². The molecule has 0 saturated heterocycles. The van der Waals surface area contributed by atoms with Crippen molar-refractivity contribution in [2.24, 2.45) is 0 Å². The molecule has 0 saturated carbocycles. The summed E-state index contributed by atoms with van der Waals surface area (Å²) in [5.74, 6) is 0.970. The predicted octanol–water partition coefficient (Wildman–Crippen LogP) is 5.98. The van der Waals surface area contributed by atoms with Gasteiger partial charge in [-0.05, 0) is 43.2 Å². The minimum absolute atomic E-state index is 0.289. The Morgan fingerprint density at radius 1 is 1.15 bits per heavy atom. The smallest absolute Gasteiger partial charge is 0.257 e. The molecule has 0 bridgehead atoms. The second-order valence-electron chi connectivity index (χ2n) is 7.40. The number of aromatic nitrogens is 1. The van der Waals surface area contributed by atoms with Crippen LogP contribution in [0, 0.1) is 18.3 Å². The number of nitrogens with zero attached hydrogens (tertiary/aromatic N) is 2. The van der Waals surface area contributed by atoms with Gasteiger partial charge in [0.05, 0.1) is 36.6 Å². The lowest BCUT2D eigenvalue weighted by Crippen LogP contribution is -2.13. The normalized spacial score (nSPS) is 10.6. The van der Waals surface area contributed by atoms with Gasteiger partial charge in [0.25, 0.3) is 5.91 Å². The number of para-hydroxylation sites is 1. The Morgan fingerprint density at radius 3 is 2.64 bits per heavy atom. The Labute approximate surface area is 196 Å². The Hall–Kier alpha value is -3.89. The van der Waals surface area contributed by atoms with Crippen molar-refractivity contribution in [2.75, 3.05) is 19.5 Å². The maximum atomic E-state index is 13.5. The number of carbonyl (C=O) groups excluding carboxylic acids is 1. The zero-order chi connectivity index (χ0) is 23.5. The van der Waals surface area contributed by atoms with Gasteiger partial charge in [-0.1, -0.05) is 25.1 Å². The zero-order valence-corrected chi connectivity index (χ0v) is 19.7. The highest BCUT2D eigenvalue weighted by molar-refractivity contribution is 7.16. The van der Waals surface area contributed by atoms with Gasteiger partial charge >= 0.3 is 0 Å². The van der Waals surface area contributed by atoms with Gasteiger partial charge < -0.3 is 14.8 Å². The van der Waals surface area contributed by atoms with E-state index in [4.69, 9.17) is 14.5 Å². The van der Waals surface area contributed by atoms with E-state index in [0.717, 1.165) is 27.8 Å². The van der Waals surface area contributed by atoms with Gasteiger partial charge in [-0.15, -0.1) is 11.3 Å². The molecule has 4 aromatic rings. The molecule has 0 atom stereocenters. The fourth-order valence-corrected chi connectivity index (χ4v) is 4.98. The van der Waals surface area contributed by atoms with Crippen LogP contribution in [0.2, 0.25) is 0 Å². The summed E-state index contributed by atoms with van der Waals surface area (Å²) in [5.41, 5.74) is 4.02. The maximum absolute atomic E-state index is 13.5. The zero-order valence-electron chi connectivity index (χ0n) is 18.9. The number of pyridine rings is 1. The van der Waals surface area contributed by atoms with E-state index >= 15 is 0 Å². The number of fused-ring (bicyclic) bond motifs is 1. The van der Waals surface area contributed by atoms with Gasteiger partial charge in [0.2, 0.25) is 0 Å². The third-order valence-electron chi connectivity index (χ3n) is 5.55. The monoisotopic (exact) mass is 457 g/mol. The van der Waals surface area contributed by atoms with Crippen LogP contribution >= 0.6 is 11.3 Å². The minimum atomic E-state index is -0.289. The van der Waals surface area contributed by atoms with Gasteiger partial charge in [0.15, 0.2) is 0 Å². The molecule has 7 heteroatoms. The van der Waals surface area contributed by atoms with Crippen LogP contribution in [0.15, 0.2) is 48.5 Å². The Morgan fingerprint density at radius 2 is 1.94 bits per heavy atom. The summed E-state index contributed by atoms with van der Waals surface area (Å²) in [7, 11) is 3.18. The number of nitriles is 1. The molecule has 1 N–H and O–H groups in total. The van der Waals surface area contributed by atoms with Gasteiger partial charge in [-0.3, -0.25) is 4.79 Å². The molecule has 0 aliphatic carbocycles. The number of rotatable bonds is 6. The molecule has 0 spiro atoms. The molecule has 2 aromatic carbocycles. The highest BCUT2D eigenvalue weighted by atomic mass is 32.1. The number of ether oxygens (including phenoxy) is 2. The molecule has 33 heavy (non-hydrogen) atoms. The lowest BCUT2D eigenvalue weighted by atomic mass is 10.0. The summed E-state index contributed by atoms with van der Waals surface area (Å²) >= 11 is 1.43. The Balaban J connectivity index is 1.84. The van der Waals surface area contributed by atoms with Crippen LogP contribution in [-0.2, 0) is 6.42 Å². The summed E-state index contributed by atoms with van der Waals surface area (Å²) in [4.78, 5) is 19.3. The molecule has 2 heterocycles. The Kier molecular flexibility index (Phi) is 6.29. The summed E-state index contributed by atoms with van der Waals surface area (Å²) in [6.07, 6.45) is 0.737. The van der Waals surface area contributed by atoms with E-state index in [2.05, 4.69) is 11.4 Å². The van der Waals surface area contributed by atoms with Gasteiger partial charge in [0, 0.05) is 21.9 Å². The summed E-state index contributed by atoms with van der Waals surface area (Å²) in [6, 6.07) is 17.0. The molecule has 0 aliphatic rings. The molecule has 166 valence electrons. The first-order valence-corrected chi connectivity index (χ1v) is 11.3. The van der Waals surface area contributed by atoms with Gasteiger partial charge in [0.1, 0.15) is 22.6 Å². The number of carbonyl (C=O) groups is 1. The fraction of sp³-hybridized carbons (Fsp3) is 0.192. The Bertz CT molecular complexity index is 1400. The topological polar surface area (TPSA) is 84.2 Å². The standard InChI is InChI=1S/C26H23N3O3S/c1-5-17-15(2)33-26(21(17)14-27)29-25(30)20-13-23(28-22-9-7-6-8-18(20)22)19-11-10-16(31-3)12-24(19)32-4/h6-13H,5H2,1-4H3,(H,29,30). The van der Waals surface area contributed by atoms with Crippen molar-refractivity contribution in [3.8, 4) is 28.8 Å². The second kappa shape index (κ2) is 9.31. The number of amides is 1. The summed E-state index contributed by atoms with van der Waals surface area (Å²) in [6.45, 7) is 3.97. The number of benzene rings is 2. The van der Waals surface area contributed by atoms with E-state index in [1.807, 2.05) is 50.2 Å². The molecule has 4 rings (SSSR count). The third kappa shape index (κ3) is 4.13. The first-order chi connectivity index (χ1) is 16.0. The quantitative estimate of drug-likeness (QED) is 0.385. The molecule has 0 radical (unpaired) electrons. The van der Waals surface area contributed by atoms with Crippen molar-refractivity contribution < 1.29 is 14.3 Å². The lowest BCUT2D eigenvalue weighted by molar-refractivity contribution is 0.102. The van der Waals surface area contributed by atoms with E-state index in [1.54, 1.807) is 26.4 Å². The van der Waals surface area contributed by atoms with Crippen molar-refractivity contribution in [3.05, 3.63) is 70.1 Å². The average molecular weight is 458 g/mol. The molecule has 1 amide bonds. The SMILES string of the molecule is CCc1c(C)sc(NC(=O)c2cc(-c3ccc(OC)cc3OC)nc3ccccc23)c1C#N. The molecule has 0 aliphatic heterocycles. The van der Waals surface area contributed by atoms with Crippen molar-refractivity contribution in [2.45, 2.75) is 20.3 Å². The number of anilines is 1. The average Bonchev–Trinajstić information content (AvgIpc) is 3.16. The number of thiophene rings is 1. The van der Waals surface area contributed by atoms with E-state index in [9.17, 15) is 10.1 Å². The number of nitrogens with one attached hydrogen (secondary N) is 1. The molecule has 2 aromatic heterocycles. The van der Waals surface area contributed by atoms with Crippen LogP contribution in [-0.4, -0.2) is 25.1 Å². The number of methoxy groups -OCH3 is 2. The number of aryl methyl sites for hydroxylation is 1. The van der Waals surface area contributed by atoms with E-state index in [-0.39, 0.29) is 5.91 Å². The number of hydrogen-bond donors (Lipinski definition) is 1. The number of hydrogen-bond acceptors (Lipinski definition) is 6. The predicted molar refractivity (Wildman–Crippen MR) is 131 cm³/mol. The van der Waals surface area contributed by atoms with Crippen molar-refractivity contribution in [3.63, 3.8) is 0 Å². The first kappa shape index (κ1) is 22.3. The van der Waals surface area contributed by atoms with E-state index < -0.39 is 0 Å². The van der Waals surface area contributed by atoms with Crippen LogP contribution in [0.25, 0.3) is 22.2 Å². The largest absolute Gasteiger partial charge is 0.497 e. The van der Waals surface area contributed by atoms with E-state index in [0.29, 0.717) is 38.8 Å². The molecular formula is C26H23N3O3S. The van der Waals surface area contributed by atoms with Crippen LogP contribution < -0.4 is 14.8 Å². The van der Waals surface area contributed by atoms with Crippen LogP contribution in [0.4, 0.5) is 5.00 Å². The van der Waals surface area contributed by atoms with Gasteiger partial charge in [-0.2, -0.15) is 5.26 Å². The highest BCUT2D eigenvalue weighted by Gasteiger charge is 2.20. The molecule has 0 fully saturated rings. The van der Waals surface area contributed by atoms with Crippen molar-refractivity contribution in [1.29, 1.82) is 5.26 Å². The summed E-state index contributed by atoms with van der Waals surface area (Å²) in [5, 5.41) is 13.9. The molecular weight excluding hydrogens is 434 g/mol. The van der Waals surface area contributed by atoms with Crippen LogP contribution in [0.5, 0.6) is 11.5 Å². The third-order valence-corrected chi connectivity index (χ3v) is 6.61. The van der Waals surface area contributed by atoms with Crippen LogP contribution in [0.3, 0.4) is 0 Å². The fourth-order valence-electron chi connectivity index (χ4n) is 3.89. The van der Waals surface area contributed by atoms with Crippen LogP contribution in [0.1, 0.15) is 33.3 Å². The minimum Gasteiger partial charge on any atom is -0.497 e. The molecule has 6 nitrogen and oxygen atoms in total. The summed E-state index contributed by atoms with van der Waals surface area (Å²) < 4.78 is 10.9. The van der Waals surface area contributed by atoms with Gasteiger partial charge in [-0.25, -0.2) is 4.98 Å². The lowest BCUT2D eigenvalue weighted by Gasteiger charge is -2.13. The van der Waals surface area contributed by atoms with E-state index in [1.165, 1.54) is 11.3 Å². The second-order valence-corrected chi connectivity index (χ2v) is 8.62. The first-order valence-electron chi connectivity index (χ1n) is 10.5. The maximum Gasteiger partial charge on any atom is 0.257 e. The highest BCUT2D eigenvalue weighted by Crippen LogP contribution is 2.36. The molecule has 0 unspecified atom stereocenters. The van der Waals surface area contributed by atoms with Crippen molar-refractivity contribution in [1.82, 2.24) is 4.98 Å².